The smallest absolute Gasteiger partial charge is 0.358 e. The molecule has 0 aliphatic rings. The van der Waals surface area contributed by atoms with Crippen LogP contribution < -0.4 is 0 Å². The predicted molar refractivity (Wildman–Crippen MR) is 51.3 cm³/mol. The van der Waals surface area contributed by atoms with E-state index in [1.165, 1.54) is 31.2 Å². The Balaban J connectivity index is 2.76. The first kappa shape index (κ1) is 11.6. The summed E-state index contributed by atoms with van der Waals surface area (Å²) in [6, 6.07) is 1.33. The van der Waals surface area contributed by atoms with Gasteiger partial charge < -0.3 is 19.6 Å². The number of rotatable bonds is 5. The maximum absolute atomic E-state index is 10.4. The molecule has 0 aromatic carbocycles. The summed E-state index contributed by atoms with van der Waals surface area (Å²) in [5, 5.41) is 14.1. The van der Waals surface area contributed by atoms with Crippen LogP contribution in [0, 0.1) is 10.1 Å². The third kappa shape index (κ3) is 2.74. The lowest BCUT2D eigenvalue weighted by molar-refractivity contribution is -0.389. The van der Waals surface area contributed by atoms with E-state index >= 15 is 0 Å². The number of nitro groups is 1. The number of nitrogens with zero attached hydrogens (tertiary/aromatic N) is 3. The van der Waals surface area contributed by atoms with Crippen LogP contribution in [0.2, 0.25) is 0 Å². The molecule has 0 aliphatic heterocycles. The number of hydrogen-bond acceptors (Lipinski definition) is 5. The van der Waals surface area contributed by atoms with Crippen LogP contribution in [-0.2, 0) is 16.0 Å². The summed E-state index contributed by atoms with van der Waals surface area (Å²) in [7, 11) is 3.00. The Morgan fingerprint density at radius 3 is 2.60 bits per heavy atom. The summed E-state index contributed by atoms with van der Waals surface area (Å²) in [6.45, 7) is 2.01. The molecule has 15 heavy (non-hydrogen) atoms. The van der Waals surface area contributed by atoms with Crippen LogP contribution in [0.4, 0.5) is 5.82 Å². The van der Waals surface area contributed by atoms with Crippen LogP contribution in [0.15, 0.2) is 12.3 Å². The van der Waals surface area contributed by atoms with Crippen molar-refractivity contribution in [2.24, 2.45) is 0 Å². The molecule has 0 atom stereocenters. The van der Waals surface area contributed by atoms with Gasteiger partial charge in [0, 0.05) is 14.2 Å². The number of methoxy groups -OCH3 is 2. The molecule has 1 aromatic heterocycles. The van der Waals surface area contributed by atoms with Gasteiger partial charge in [0.1, 0.15) is 6.54 Å². The lowest BCUT2D eigenvalue weighted by Crippen LogP contribution is -2.35. The molecule has 7 heteroatoms. The lowest BCUT2D eigenvalue weighted by Gasteiger charge is -2.24. The first-order chi connectivity index (χ1) is 7.00. The largest absolute Gasteiger partial charge is 0.389 e. The highest BCUT2D eigenvalue weighted by Crippen LogP contribution is 2.14. The molecule has 0 radical (unpaired) electrons. The third-order valence-electron chi connectivity index (χ3n) is 2.13. The average molecular weight is 215 g/mol. The van der Waals surface area contributed by atoms with Gasteiger partial charge in [0.05, 0.1) is 17.4 Å². The van der Waals surface area contributed by atoms with E-state index in [2.05, 4.69) is 5.10 Å². The standard InChI is InChI=1S/C8H13N3O4/c1-8(14-2,15-3)6-10-5-4-7(9-10)11(12)13/h4-5H,6H2,1-3H3. The molecule has 0 aliphatic carbocycles. The van der Waals surface area contributed by atoms with Gasteiger partial charge in [0.2, 0.25) is 0 Å². The minimum atomic E-state index is -0.833. The van der Waals surface area contributed by atoms with Crippen molar-refractivity contribution in [3.63, 3.8) is 0 Å². The molecule has 0 N–H and O–H groups in total. The number of ether oxygens (including phenoxy) is 2. The molecule has 0 saturated carbocycles. The van der Waals surface area contributed by atoms with Gasteiger partial charge in [0.15, 0.2) is 5.79 Å². The Hall–Kier alpha value is -1.47. The molecule has 0 saturated heterocycles. The molecule has 84 valence electrons. The molecule has 1 aromatic rings. The van der Waals surface area contributed by atoms with E-state index in [0.29, 0.717) is 0 Å². The van der Waals surface area contributed by atoms with E-state index < -0.39 is 10.7 Å². The molecule has 1 rings (SSSR count). The van der Waals surface area contributed by atoms with E-state index in [4.69, 9.17) is 9.47 Å². The summed E-state index contributed by atoms with van der Waals surface area (Å²) in [6.07, 6.45) is 1.51. The van der Waals surface area contributed by atoms with E-state index in [0.717, 1.165) is 0 Å². The van der Waals surface area contributed by atoms with Crippen LogP contribution in [0.25, 0.3) is 0 Å². The van der Waals surface area contributed by atoms with Gasteiger partial charge in [-0.3, -0.25) is 0 Å². The zero-order valence-electron chi connectivity index (χ0n) is 8.84. The van der Waals surface area contributed by atoms with Crippen molar-refractivity contribution in [1.82, 2.24) is 9.78 Å². The molecular weight excluding hydrogens is 202 g/mol. The fraction of sp³-hybridized carbons (Fsp3) is 0.625. The Morgan fingerprint density at radius 2 is 2.20 bits per heavy atom. The van der Waals surface area contributed by atoms with Crippen molar-refractivity contribution < 1.29 is 14.4 Å². The summed E-state index contributed by atoms with van der Waals surface area (Å²) >= 11 is 0. The van der Waals surface area contributed by atoms with Gasteiger partial charge in [-0.05, 0) is 11.8 Å². The minimum absolute atomic E-state index is 0.190. The van der Waals surface area contributed by atoms with Crippen molar-refractivity contribution in [1.29, 1.82) is 0 Å². The highest BCUT2D eigenvalue weighted by Gasteiger charge is 2.26. The average Bonchev–Trinajstić information content (AvgIpc) is 2.66. The maximum Gasteiger partial charge on any atom is 0.389 e. The van der Waals surface area contributed by atoms with E-state index in [9.17, 15) is 10.1 Å². The first-order valence-electron chi connectivity index (χ1n) is 4.29. The summed E-state index contributed by atoms with van der Waals surface area (Å²) < 4.78 is 11.6. The first-order valence-corrected chi connectivity index (χ1v) is 4.29. The molecule has 1 heterocycles. The SMILES string of the molecule is COC(C)(Cn1ccc([N+](=O)[O-])n1)OC. The van der Waals surface area contributed by atoms with Gasteiger partial charge in [0.25, 0.3) is 0 Å². The second-order valence-electron chi connectivity index (χ2n) is 3.17. The Morgan fingerprint density at radius 1 is 1.60 bits per heavy atom. The van der Waals surface area contributed by atoms with Crippen molar-refractivity contribution in [3.05, 3.63) is 22.4 Å². The maximum atomic E-state index is 10.4. The van der Waals surface area contributed by atoms with Crippen molar-refractivity contribution in [2.75, 3.05) is 14.2 Å². The second-order valence-corrected chi connectivity index (χ2v) is 3.17. The zero-order valence-corrected chi connectivity index (χ0v) is 8.84. The molecule has 0 unspecified atom stereocenters. The molecule has 0 fully saturated rings. The van der Waals surface area contributed by atoms with Crippen molar-refractivity contribution in [3.8, 4) is 0 Å². The minimum Gasteiger partial charge on any atom is -0.358 e. The van der Waals surface area contributed by atoms with Crippen LogP contribution in [0.3, 0.4) is 0 Å². The van der Waals surface area contributed by atoms with Crippen LogP contribution in [-0.4, -0.2) is 34.7 Å². The fourth-order valence-electron chi connectivity index (χ4n) is 1.04. The normalized spacial score (nSPS) is 11.7. The van der Waals surface area contributed by atoms with E-state index in [-0.39, 0.29) is 12.4 Å². The summed E-state index contributed by atoms with van der Waals surface area (Å²) in [5.74, 6) is -1.02. The summed E-state index contributed by atoms with van der Waals surface area (Å²) in [4.78, 5) is 9.84. The van der Waals surface area contributed by atoms with Gasteiger partial charge in [-0.15, -0.1) is 0 Å². The lowest BCUT2D eigenvalue weighted by atomic mass is 10.3. The van der Waals surface area contributed by atoms with Crippen LogP contribution >= 0.6 is 0 Å². The molecular formula is C8H13N3O4. The quantitative estimate of drug-likeness (QED) is 0.412. The molecule has 0 bridgehead atoms. The Bertz CT molecular complexity index is 345. The summed E-state index contributed by atoms with van der Waals surface area (Å²) in [5.41, 5.74) is 0. The van der Waals surface area contributed by atoms with Gasteiger partial charge in [-0.25, -0.2) is 0 Å². The second kappa shape index (κ2) is 4.37. The van der Waals surface area contributed by atoms with Crippen molar-refractivity contribution in [2.45, 2.75) is 19.3 Å². The van der Waals surface area contributed by atoms with Gasteiger partial charge in [-0.1, -0.05) is 0 Å². The molecule has 7 nitrogen and oxygen atoms in total. The topological polar surface area (TPSA) is 79.4 Å². The highest BCUT2D eigenvalue weighted by atomic mass is 16.7. The predicted octanol–water partition coefficient (Wildman–Crippen LogP) is 0.800. The van der Waals surface area contributed by atoms with Gasteiger partial charge in [-0.2, -0.15) is 4.68 Å². The van der Waals surface area contributed by atoms with Gasteiger partial charge >= 0.3 is 5.82 Å². The van der Waals surface area contributed by atoms with Crippen molar-refractivity contribution >= 4 is 5.82 Å². The third-order valence-corrected chi connectivity index (χ3v) is 2.13. The Labute approximate surface area is 86.7 Å². The number of hydrogen-bond donors (Lipinski definition) is 0. The molecule has 0 spiro atoms. The van der Waals surface area contributed by atoms with Crippen LogP contribution in [0.1, 0.15) is 6.92 Å². The fourth-order valence-corrected chi connectivity index (χ4v) is 1.04. The van der Waals surface area contributed by atoms with Crippen LogP contribution in [0.5, 0.6) is 0 Å². The van der Waals surface area contributed by atoms with E-state index in [1.807, 2.05) is 0 Å². The highest BCUT2D eigenvalue weighted by molar-refractivity contribution is 5.14. The Kier molecular flexibility index (Phi) is 3.38. The molecule has 0 amide bonds. The number of aromatic nitrogens is 2. The monoisotopic (exact) mass is 215 g/mol. The zero-order chi connectivity index (χ0) is 11.5. The van der Waals surface area contributed by atoms with E-state index in [1.54, 1.807) is 6.92 Å².